The number of rotatable bonds is 9. The summed E-state index contributed by atoms with van der Waals surface area (Å²) in [6, 6.07) is 12.5. The lowest BCUT2D eigenvalue weighted by molar-refractivity contribution is -0.142. The highest BCUT2D eigenvalue weighted by Crippen LogP contribution is 2.31. The minimum atomic E-state index is -0.666. The molecule has 0 saturated carbocycles. The molecule has 1 N–H and O–H groups in total. The first kappa shape index (κ1) is 26.2. The standard InChI is InChI=1S/C25H32BrClN2O3/c1-6-13-28-24(31)17(2)29(15-18-9-7-8-10-21(18)27)23(30)16-32-22-12-11-19(14-20(22)26)25(3,4)5/h7-12,14,17H,6,13,15-16H2,1-5H3,(H,28,31)/t17-/m0/s1. The summed E-state index contributed by atoms with van der Waals surface area (Å²) in [5, 5.41) is 3.41. The van der Waals surface area contributed by atoms with Crippen molar-refractivity contribution in [3.63, 3.8) is 0 Å². The number of ether oxygens (including phenoxy) is 1. The average molecular weight is 524 g/mol. The smallest absolute Gasteiger partial charge is 0.261 e. The first-order chi connectivity index (χ1) is 15.0. The molecule has 0 aliphatic carbocycles. The average Bonchev–Trinajstić information content (AvgIpc) is 2.74. The van der Waals surface area contributed by atoms with Crippen LogP contribution in [-0.2, 0) is 21.5 Å². The van der Waals surface area contributed by atoms with Gasteiger partial charge in [0.2, 0.25) is 5.91 Å². The van der Waals surface area contributed by atoms with Crippen LogP contribution in [0.4, 0.5) is 0 Å². The molecule has 0 spiro atoms. The van der Waals surface area contributed by atoms with Gasteiger partial charge in [-0.25, -0.2) is 0 Å². The first-order valence-electron chi connectivity index (χ1n) is 10.8. The van der Waals surface area contributed by atoms with Crippen molar-refractivity contribution < 1.29 is 14.3 Å². The number of amides is 2. The molecule has 174 valence electrons. The van der Waals surface area contributed by atoms with Gasteiger partial charge in [-0.1, -0.05) is 63.6 Å². The van der Waals surface area contributed by atoms with E-state index in [9.17, 15) is 9.59 Å². The Morgan fingerprint density at radius 3 is 2.47 bits per heavy atom. The molecule has 0 radical (unpaired) electrons. The third-order valence-electron chi connectivity index (χ3n) is 5.16. The number of carbonyl (C=O) groups excluding carboxylic acids is 2. The Morgan fingerprint density at radius 1 is 1.19 bits per heavy atom. The van der Waals surface area contributed by atoms with Gasteiger partial charge < -0.3 is 15.0 Å². The lowest BCUT2D eigenvalue weighted by Crippen LogP contribution is -2.49. The van der Waals surface area contributed by atoms with Crippen molar-refractivity contribution in [3.8, 4) is 5.75 Å². The predicted octanol–water partition coefficient (Wildman–Crippen LogP) is 5.72. The van der Waals surface area contributed by atoms with E-state index in [1.54, 1.807) is 13.0 Å². The Hall–Kier alpha value is -2.05. The minimum absolute atomic E-state index is 0.00387. The normalized spacial score (nSPS) is 12.2. The zero-order valence-corrected chi connectivity index (χ0v) is 21.7. The van der Waals surface area contributed by atoms with Crippen molar-refractivity contribution in [1.82, 2.24) is 10.2 Å². The van der Waals surface area contributed by atoms with Crippen LogP contribution < -0.4 is 10.1 Å². The second-order valence-electron chi connectivity index (χ2n) is 8.76. The van der Waals surface area contributed by atoms with Gasteiger partial charge in [0.05, 0.1) is 4.47 Å². The molecule has 2 rings (SSSR count). The van der Waals surface area contributed by atoms with Crippen LogP contribution in [0.15, 0.2) is 46.9 Å². The highest BCUT2D eigenvalue weighted by Gasteiger charge is 2.27. The van der Waals surface area contributed by atoms with Gasteiger partial charge in [-0.2, -0.15) is 0 Å². The molecule has 0 heterocycles. The molecule has 0 unspecified atom stereocenters. The molecule has 0 bridgehead atoms. The van der Waals surface area contributed by atoms with Gasteiger partial charge in [-0.3, -0.25) is 9.59 Å². The molecule has 2 aromatic rings. The Kier molecular flexibility index (Phi) is 9.59. The summed E-state index contributed by atoms with van der Waals surface area (Å²) >= 11 is 9.85. The van der Waals surface area contributed by atoms with Gasteiger partial charge in [0.15, 0.2) is 6.61 Å². The second kappa shape index (κ2) is 11.7. The van der Waals surface area contributed by atoms with Crippen LogP contribution in [0.3, 0.4) is 0 Å². The molecule has 5 nitrogen and oxygen atoms in total. The Balaban J connectivity index is 2.18. The highest BCUT2D eigenvalue weighted by molar-refractivity contribution is 9.10. The Labute approximate surface area is 204 Å². The Bertz CT molecular complexity index is 943. The first-order valence-corrected chi connectivity index (χ1v) is 11.9. The molecule has 2 amide bonds. The lowest BCUT2D eigenvalue weighted by Gasteiger charge is -2.29. The molecule has 2 aromatic carbocycles. The van der Waals surface area contributed by atoms with Crippen LogP contribution in [0, 0.1) is 0 Å². The molecular weight excluding hydrogens is 492 g/mol. The fourth-order valence-corrected chi connectivity index (χ4v) is 3.78. The maximum absolute atomic E-state index is 13.2. The fourth-order valence-electron chi connectivity index (χ4n) is 3.10. The molecule has 1 atom stereocenters. The number of nitrogens with one attached hydrogen (secondary N) is 1. The van der Waals surface area contributed by atoms with Crippen molar-refractivity contribution in [1.29, 1.82) is 0 Å². The van der Waals surface area contributed by atoms with E-state index in [2.05, 4.69) is 42.0 Å². The van der Waals surface area contributed by atoms with E-state index in [4.69, 9.17) is 16.3 Å². The van der Waals surface area contributed by atoms with Crippen LogP contribution >= 0.6 is 27.5 Å². The summed E-state index contributed by atoms with van der Waals surface area (Å²) in [4.78, 5) is 27.3. The maximum atomic E-state index is 13.2. The largest absolute Gasteiger partial charge is 0.483 e. The molecule has 7 heteroatoms. The van der Waals surface area contributed by atoms with Crippen LogP contribution in [0.5, 0.6) is 5.75 Å². The van der Waals surface area contributed by atoms with Crippen LogP contribution in [-0.4, -0.2) is 35.9 Å². The summed E-state index contributed by atoms with van der Waals surface area (Å²) in [6.45, 7) is 10.7. The van der Waals surface area contributed by atoms with Gasteiger partial charge in [0.1, 0.15) is 11.8 Å². The topological polar surface area (TPSA) is 58.6 Å². The van der Waals surface area contributed by atoms with Gasteiger partial charge in [-0.05, 0) is 64.0 Å². The number of carbonyl (C=O) groups is 2. The van der Waals surface area contributed by atoms with E-state index in [-0.39, 0.29) is 30.4 Å². The van der Waals surface area contributed by atoms with Crippen molar-refractivity contribution in [3.05, 3.63) is 63.1 Å². The van der Waals surface area contributed by atoms with E-state index < -0.39 is 6.04 Å². The number of nitrogens with zero attached hydrogens (tertiary/aromatic N) is 1. The van der Waals surface area contributed by atoms with Gasteiger partial charge >= 0.3 is 0 Å². The fraction of sp³-hybridized carbons (Fsp3) is 0.440. The third kappa shape index (κ3) is 7.24. The SMILES string of the molecule is CCCNC(=O)[C@H](C)N(Cc1ccccc1Cl)C(=O)COc1ccc(C(C)(C)C)cc1Br. The molecule has 0 saturated heterocycles. The lowest BCUT2D eigenvalue weighted by atomic mass is 9.87. The highest BCUT2D eigenvalue weighted by atomic mass is 79.9. The molecule has 0 aliphatic rings. The number of benzene rings is 2. The van der Waals surface area contributed by atoms with Crippen molar-refractivity contribution in [2.75, 3.05) is 13.2 Å². The maximum Gasteiger partial charge on any atom is 0.261 e. The van der Waals surface area contributed by atoms with E-state index in [1.807, 2.05) is 43.3 Å². The molecule has 32 heavy (non-hydrogen) atoms. The van der Waals surface area contributed by atoms with Crippen LogP contribution in [0.2, 0.25) is 5.02 Å². The molecule has 0 fully saturated rings. The van der Waals surface area contributed by atoms with Crippen LogP contribution in [0.1, 0.15) is 52.2 Å². The van der Waals surface area contributed by atoms with Crippen molar-refractivity contribution in [2.45, 2.75) is 59.0 Å². The van der Waals surface area contributed by atoms with Gasteiger partial charge in [0, 0.05) is 18.1 Å². The van der Waals surface area contributed by atoms with E-state index >= 15 is 0 Å². The van der Waals surface area contributed by atoms with E-state index in [0.29, 0.717) is 17.3 Å². The number of halogens is 2. The Morgan fingerprint density at radius 2 is 1.88 bits per heavy atom. The van der Waals surface area contributed by atoms with Gasteiger partial charge in [-0.15, -0.1) is 0 Å². The minimum Gasteiger partial charge on any atom is -0.483 e. The summed E-state index contributed by atoms with van der Waals surface area (Å²) < 4.78 is 6.61. The quantitative estimate of drug-likeness (QED) is 0.457. The summed E-state index contributed by atoms with van der Waals surface area (Å²) in [6.07, 6.45) is 0.818. The van der Waals surface area contributed by atoms with E-state index in [1.165, 1.54) is 4.90 Å². The third-order valence-corrected chi connectivity index (χ3v) is 6.15. The number of hydrogen-bond donors (Lipinski definition) is 1. The zero-order valence-electron chi connectivity index (χ0n) is 19.4. The predicted molar refractivity (Wildman–Crippen MR) is 133 cm³/mol. The summed E-state index contributed by atoms with van der Waals surface area (Å²) in [5.41, 5.74) is 1.93. The number of hydrogen-bond acceptors (Lipinski definition) is 3. The van der Waals surface area contributed by atoms with Crippen molar-refractivity contribution >= 4 is 39.3 Å². The molecular formula is C25H32BrClN2O3. The van der Waals surface area contributed by atoms with Crippen molar-refractivity contribution in [2.24, 2.45) is 0 Å². The zero-order chi connectivity index (χ0) is 23.9. The molecule has 0 aromatic heterocycles. The summed E-state index contributed by atoms with van der Waals surface area (Å²) in [7, 11) is 0. The van der Waals surface area contributed by atoms with Gasteiger partial charge in [0.25, 0.3) is 5.91 Å². The molecule has 0 aliphatic heterocycles. The summed E-state index contributed by atoms with van der Waals surface area (Å²) in [5.74, 6) is 0.0750. The monoisotopic (exact) mass is 522 g/mol. The second-order valence-corrected chi connectivity index (χ2v) is 10.0. The van der Waals surface area contributed by atoms with E-state index in [0.717, 1.165) is 22.0 Å². The van der Waals surface area contributed by atoms with Crippen LogP contribution in [0.25, 0.3) is 0 Å².